The van der Waals surface area contributed by atoms with Crippen molar-refractivity contribution in [1.29, 1.82) is 0 Å². The summed E-state index contributed by atoms with van der Waals surface area (Å²) in [5.74, 6) is -0.0332. The number of carbonyl (C=O) groups is 2. The molecular formula is C18H29N2O4+. The summed E-state index contributed by atoms with van der Waals surface area (Å²) >= 11 is 0. The maximum absolute atomic E-state index is 12.5. The largest absolute Gasteiger partial charge is 0.508 e. The van der Waals surface area contributed by atoms with E-state index in [1.165, 1.54) is 7.11 Å². The first-order valence-corrected chi connectivity index (χ1v) is 8.29. The first-order valence-electron chi connectivity index (χ1n) is 8.29. The van der Waals surface area contributed by atoms with Gasteiger partial charge in [-0.3, -0.25) is 4.79 Å². The average Bonchev–Trinajstić information content (AvgIpc) is 2.57. The normalized spacial score (nSPS) is 11.0. The summed E-state index contributed by atoms with van der Waals surface area (Å²) in [5, 5.41) is 3.03. The van der Waals surface area contributed by atoms with Crippen LogP contribution in [-0.4, -0.2) is 56.4 Å². The summed E-state index contributed by atoms with van der Waals surface area (Å²) in [4.78, 5) is 23.6. The number of anilines is 1. The van der Waals surface area contributed by atoms with Gasteiger partial charge in [0.15, 0.2) is 6.54 Å². The lowest BCUT2D eigenvalue weighted by atomic mass is 10.1. The van der Waals surface area contributed by atoms with E-state index in [-0.39, 0.29) is 12.5 Å². The molecule has 1 amide bonds. The minimum absolute atomic E-state index is 0.0332. The Morgan fingerprint density at radius 1 is 1.12 bits per heavy atom. The third kappa shape index (κ3) is 5.53. The Labute approximate surface area is 144 Å². The summed E-state index contributed by atoms with van der Waals surface area (Å²) in [6.07, 6.45) is -0.694. The number of hydrogen-bond acceptors (Lipinski definition) is 4. The Morgan fingerprint density at radius 3 is 2.21 bits per heavy atom. The first kappa shape index (κ1) is 20.0. The Bertz CT molecular complexity index is 548. The molecule has 6 heteroatoms. The molecule has 1 aromatic carbocycles. The zero-order valence-corrected chi connectivity index (χ0v) is 15.3. The van der Waals surface area contributed by atoms with Crippen molar-refractivity contribution in [2.75, 3.05) is 45.2 Å². The van der Waals surface area contributed by atoms with E-state index in [2.05, 4.69) is 10.1 Å². The van der Waals surface area contributed by atoms with Crippen LogP contribution in [0.2, 0.25) is 0 Å². The Balaban J connectivity index is 2.73. The maximum Gasteiger partial charge on any atom is 0.508 e. The number of quaternary nitrogens is 1. The third-order valence-electron chi connectivity index (χ3n) is 4.52. The number of methoxy groups -OCH3 is 1. The molecule has 134 valence electrons. The zero-order valence-electron chi connectivity index (χ0n) is 15.3. The number of rotatable bonds is 8. The second-order valence-electron chi connectivity index (χ2n) is 5.97. The van der Waals surface area contributed by atoms with Crippen LogP contribution in [0.25, 0.3) is 0 Å². The molecule has 1 aromatic rings. The highest BCUT2D eigenvalue weighted by atomic mass is 16.7. The fourth-order valence-corrected chi connectivity index (χ4v) is 2.72. The third-order valence-corrected chi connectivity index (χ3v) is 4.52. The highest BCUT2D eigenvalue weighted by Crippen LogP contribution is 2.19. The van der Waals surface area contributed by atoms with Crippen LogP contribution in [0.3, 0.4) is 0 Å². The van der Waals surface area contributed by atoms with Gasteiger partial charge in [0.25, 0.3) is 5.91 Å². The van der Waals surface area contributed by atoms with Crippen molar-refractivity contribution in [3.8, 4) is 0 Å². The van der Waals surface area contributed by atoms with Gasteiger partial charge in [0, 0.05) is 5.69 Å². The molecule has 0 aliphatic rings. The Hall–Kier alpha value is -2.08. The minimum Gasteiger partial charge on any atom is -0.438 e. The quantitative estimate of drug-likeness (QED) is 0.585. The molecule has 0 aromatic heterocycles. The van der Waals surface area contributed by atoms with E-state index in [1.54, 1.807) is 0 Å². The SMILES string of the molecule is CC[N+](CC)(CCOC(=O)OC)CC(=O)Nc1c(C)cccc1C. The molecule has 0 unspecified atom stereocenters. The molecule has 0 radical (unpaired) electrons. The van der Waals surface area contributed by atoms with Gasteiger partial charge >= 0.3 is 6.16 Å². The molecule has 0 atom stereocenters. The number of hydrogen-bond donors (Lipinski definition) is 1. The molecule has 1 rings (SSSR count). The molecule has 0 bridgehead atoms. The van der Waals surface area contributed by atoms with Gasteiger partial charge in [-0.05, 0) is 38.8 Å². The summed E-state index contributed by atoms with van der Waals surface area (Å²) < 4.78 is 10.0. The molecule has 1 N–H and O–H groups in total. The molecule has 0 aliphatic carbocycles. The predicted molar refractivity (Wildman–Crippen MR) is 94.0 cm³/mol. The predicted octanol–water partition coefficient (Wildman–Crippen LogP) is 2.88. The van der Waals surface area contributed by atoms with E-state index in [0.717, 1.165) is 29.9 Å². The summed E-state index contributed by atoms with van der Waals surface area (Å²) in [6.45, 7) is 10.7. The van der Waals surface area contributed by atoms with Crippen LogP contribution < -0.4 is 5.32 Å². The van der Waals surface area contributed by atoms with Gasteiger partial charge in [-0.25, -0.2) is 4.79 Å². The fraction of sp³-hybridized carbons (Fsp3) is 0.556. The lowest BCUT2D eigenvalue weighted by molar-refractivity contribution is -0.917. The van der Waals surface area contributed by atoms with E-state index in [9.17, 15) is 9.59 Å². The first-order chi connectivity index (χ1) is 11.4. The number of amides is 1. The molecule has 0 fully saturated rings. The fourth-order valence-electron chi connectivity index (χ4n) is 2.72. The van der Waals surface area contributed by atoms with Crippen LogP contribution in [0.5, 0.6) is 0 Å². The van der Waals surface area contributed by atoms with Crippen LogP contribution in [0.4, 0.5) is 10.5 Å². The molecule has 0 spiro atoms. The molecule has 24 heavy (non-hydrogen) atoms. The highest BCUT2D eigenvalue weighted by molar-refractivity contribution is 5.93. The number of benzene rings is 1. The van der Waals surface area contributed by atoms with Gasteiger partial charge in [-0.2, -0.15) is 0 Å². The van der Waals surface area contributed by atoms with Gasteiger partial charge in [0.1, 0.15) is 13.2 Å². The smallest absolute Gasteiger partial charge is 0.438 e. The van der Waals surface area contributed by atoms with Crippen LogP contribution in [-0.2, 0) is 14.3 Å². The van der Waals surface area contributed by atoms with Gasteiger partial charge in [-0.15, -0.1) is 0 Å². The number of carbonyl (C=O) groups excluding carboxylic acids is 2. The Morgan fingerprint density at radius 2 is 1.71 bits per heavy atom. The lowest BCUT2D eigenvalue weighted by Gasteiger charge is -2.35. The average molecular weight is 337 g/mol. The van der Waals surface area contributed by atoms with Gasteiger partial charge in [-0.1, -0.05) is 18.2 Å². The number of nitrogens with one attached hydrogen (secondary N) is 1. The molecule has 0 saturated heterocycles. The highest BCUT2D eigenvalue weighted by Gasteiger charge is 2.27. The van der Waals surface area contributed by atoms with E-state index < -0.39 is 6.16 Å². The van der Waals surface area contributed by atoms with Crippen molar-refractivity contribution in [2.45, 2.75) is 27.7 Å². The van der Waals surface area contributed by atoms with E-state index in [0.29, 0.717) is 17.6 Å². The van der Waals surface area contributed by atoms with E-state index in [4.69, 9.17) is 4.74 Å². The maximum atomic E-state index is 12.5. The zero-order chi connectivity index (χ0) is 18.2. The molecule has 0 heterocycles. The second-order valence-corrected chi connectivity index (χ2v) is 5.97. The molecule has 0 saturated carbocycles. The molecule has 6 nitrogen and oxygen atoms in total. The van der Waals surface area contributed by atoms with Crippen molar-refractivity contribution in [3.63, 3.8) is 0 Å². The van der Waals surface area contributed by atoms with Crippen molar-refractivity contribution < 1.29 is 23.5 Å². The van der Waals surface area contributed by atoms with Crippen molar-refractivity contribution >= 4 is 17.7 Å². The van der Waals surface area contributed by atoms with Crippen molar-refractivity contribution in [3.05, 3.63) is 29.3 Å². The number of aryl methyl sites for hydroxylation is 2. The number of ether oxygens (including phenoxy) is 2. The topological polar surface area (TPSA) is 64.6 Å². The number of nitrogens with zero attached hydrogens (tertiary/aromatic N) is 1. The van der Waals surface area contributed by atoms with Crippen molar-refractivity contribution in [1.82, 2.24) is 0 Å². The van der Waals surface area contributed by atoms with Crippen LogP contribution in [0, 0.1) is 13.8 Å². The summed E-state index contributed by atoms with van der Waals surface area (Å²) in [6, 6.07) is 5.94. The van der Waals surface area contributed by atoms with Crippen molar-refractivity contribution in [2.24, 2.45) is 0 Å². The van der Waals surface area contributed by atoms with Gasteiger partial charge < -0.3 is 19.3 Å². The van der Waals surface area contributed by atoms with Crippen LogP contribution in [0.15, 0.2) is 18.2 Å². The van der Waals surface area contributed by atoms with E-state index in [1.807, 2.05) is 45.9 Å². The minimum atomic E-state index is -0.694. The lowest BCUT2D eigenvalue weighted by Crippen LogP contribution is -2.54. The monoisotopic (exact) mass is 337 g/mol. The van der Waals surface area contributed by atoms with Crippen LogP contribution in [0.1, 0.15) is 25.0 Å². The Kier molecular flexibility index (Phi) is 7.71. The van der Waals surface area contributed by atoms with Gasteiger partial charge in [0.2, 0.25) is 0 Å². The second kappa shape index (κ2) is 9.27. The molecular weight excluding hydrogens is 308 g/mol. The summed E-state index contributed by atoms with van der Waals surface area (Å²) in [5.41, 5.74) is 2.96. The summed E-state index contributed by atoms with van der Waals surface area (Å²) in [7, 11) is 1.28. The molecule has 0 aliphatic heterocycles. The van der Waals surface area contributed by atoms with E-state index >= 15 is 0 Å². The van der Waals surface area contributed by atoms with Gasteiger partial charge in [0.05, 0.1) is 20.2 Å². The number of likely N-dealkylation sites (N-methyl/N-ethyl adjacent to an activating group) is 1. The number of para-hydroxylation sites is 1. The standard InChI is InChI=1S/C18H28N2O4/c1-6-20(7-2,11-12-24-18(22)23-5)13-16(21)19-17-14(3)9-8-10-15(17)4/h8-10H,6-7,11-13H2,1-5H3/p+1. The van der Waals surface area contributed by atoms with Crippen LogP contribution >= 0.6 is 0 Å².